The molecule has 1 aromatic heterocycles. The van der Waals surface area contributed by atoms with Crippen LogP contribution in [-0.2, 0) is 4.79 Å². The summed E-state index contributed by atoms with van der Waals surface area (Å²) in [6, 6.07) is 10.9. The van der Waals surface area contributed by atoms with Crippen LogP contribution in [0.2, 0.25) is 0 Å². The molecule has 2 N–H and O–H groups in total. The first-order valence-corrected chi connectivity index (χ1v) is 6.39. The van der Waals surface area contributed by atoms with E-state index in [4.69, 9.17) is 9.15 Å². The standard InChI is InChI=1S/C15H18N2O3/c1-11(14-7-4-8-20-14)16-10-15(18)17-12-5-3-6-13(9-12)19-2/h3-9,11,16H,10H2,1-2H3,(H,17,18). The lowest BCUT2D eigenvalue weighted by Crippen LogP contribution is -2.29. The molecule has 2 aromatic rings. The second kappa shape index (κ2) is 6.77. The van der Waals surface area contributed by atoms with Crippen molar-refractivity contribution in [3.63, 3.8) is 0 Å². The Bertz CT molecular complexity index is 552. The molecule has 0 aliphatic heterocycles. The van der Waals surface area contributed by atoms with E-state index in [1.54, 1.807) is 19.4 Å². The highest BCUT2D eigenvalue weighted by Crippen LogP contribution is 2.16. The predicted octanol–water partition coefficient (Wildman–Crippen LogP) is 2.58. The van der Waals surface area contributed by atoms with Crippen molar-refractivity contribution < 1.29 is 13.9 Å². The summed E-state index contributed by atoms with van der Waals surface area (Å²) in [6.45, 7) is 2.15. The second-order valence-corrected chi connectivity index (χ2v) is 4.40. The minimum absolute atomic E-state index is 0.0129. The first-order valence-electron chi connectivity index (χ1n) is 6.39. The van der Waals surface area contributed by atoms with Crippen LogP contribution in [-0.4, -0.2) is 19.6 Å². The molecule has 0 saturated carbocycles. The first kappa shape index (κ1) is 14.1. The number of methoxy groups -OCH3 is 1. The van der Waals surface area contributed by atoms with Gasteiger partial charge >= 0.3 is 0 Å². The van der Waals surface area contributed by atoms with E-state index in [-0.39, 0.29) is 18.5 Å². The first-order chi connectivity index (χ1) is 9.69. The van der Waals surface area contributed by atoms with E-state index in [1.807, 2.05) is 37.3 Å². The van der Waals surface area contributed by atoms with Crippen LogP contribution in [0.3, 0.4) is 0 Å². The van der Waals surface area contributed by atoms with Crippen molar-refractivity contribution in [1.82, 2.24) is 5.32 Å². The third kappa shape index (κ3) is 3.86. The number of hydrogen-bond donors (Lipinski definition) is 2. The van der Waals surface area contributed by atoms with E-state index in [0.717, 1.165) is 5.76 Å². The molecule has 0 aliphatic rings. The van der Waals surface area contributed by atoms with Crippen LogP contribution >= 0.6 is 0 Å². The molecule has 0 spiro atoms. The predicted molar refractivity (Wildman–Crippen MR) is 76.7 cm³/mol. The van der Waals surface area contributed by atoms with Gasteiger partial charge in [-0.1, -0.05) is 6.07 Å². The van der Waals surface area contributed by atoms with Gasteiger partial charge in [-0.25, -0.2) is 0 Å². The van der Waals surface area contributed by atoms with Crippen LogP contribution in [0.15, 0.2) is 47.1 Å². The van der Waals surface area contributed by atoms with Crippen LogP contribution in [0.4, 0.5) is 5.69 Å². The summed E-state index contributed by atoms with van der Waals surface area (Å²) in [7, 11) is 1.59. The van der Waals surface area contributed by atoms with Crippen molar-refractivity contribution >= 4 is 11.6 Å². The monoisotopic (exact) mass is 274 g/mol. The van der Waals surface area contributed by atoms with Crippen molar-refractivity contribution in [2.75, 3.05) is 19.0 Å². The number of ether oxygens (including phenoxy) is 1. The van der Waals surface area contributed by atoms with Crippen LogP contribution in [0, 0.1) is 0 Å². The molecule has 20 heavy (non-hydrogen) atoms. The molecule has 5 heteroatoms. The molecule has 1 atom stereocenters. The molecule has 1 unspecified atom stereocenters. The zero-order chi connectivity index (χ0) is 14.4. The Balaban J connectivity index is 1.83. The maximum atomic E-state index is 11.8. The van der Waals surface area contributed by atoms with E-state index in [9.17, 15) is 4.79 Å². The maximum absolute atomic E-state index is 11.8. The maximum Gasteiger partial charge on any atom is 0.238 e. The molecule has 0 saturated heterocycles. The van der Waals surface area contributed by atoms with Crippen molar-refractivity contribution in [3.05, 3.63) is 48.4 Å². The van der Waals surface area contributed by atoms with Crippen LogP contribution in [0.1, 0.15) is 18.7 Å². The summed E-state index contributed by atoms with van der Waals surface area (Å²) in [5, 5.41) is 5.90. The number of amides is 1. The van der Waals surface area contributed by atoms with E-state index in [2.05, 4.69) is 10.6 Å². The fourth-order valence-electron chi connectivity index (χ4n) is 1.79. The highest BCUT2D eigenvalue weighted by Gasteiger charge is 2.10. The van der Waals surface area contributed by atoms with Gasteiger partial charge in [0.05, 0.1) is 26.0 Å². The Kier molecular flexibility index (Phi) is 4.79. The number of furan rings is 1. The largest absolute Gasteiger partial charge is 0.497 e. The SMILES string of the molecule is COc1cccc(NC(=O)CNC(C)c2ccco2)c1. The summed E-state index contributed by atoms with van der Waals surface area (Å²) in [5.41, 5.74) is 0.710. The average molecular weight is 274 g/mol. The van der Waals surface area contributed by atoms with E-state index >= 15 is 0 Å². The molecule has 0 aliphatic carbocycles. The van der Waals surface area contributed by atoms with Crippen molar-refractivity contribution in [3.8, 4) is 5.75 Å². The van der Waals surface area contributed by atoms with E-state index < -0.39 is 0 Å². The Morgan fingerprint density at radius 3 is 2.90 bits per heavy atom. The molecule has 0 bridgehead atoms. The lowest BCUT2D eigenvalue weighted by atomic mass is 10.2. The Morgan fingerprint density at radius 2 is 2.20 bits per heavy atom. The molecule has 1 amide bonds. The highest BCUT2D eigenvalue weighted by molar-refractivity contribution is 5.92. The topological polar surface area (TPSA) is 63.5 Å². The normalized spacial score (nSPS) is 11.9. The fraction of sp³-hybridized carbons (Fsp3) is 0.267. The smallest absolute Gasteiger partial charge is 0.238 e. The number of carbonyl (C=O) groups is 1. The molecule has 1 aromatic carbocycles. The second-order valence-electron chi connectivity index (χ2n) is 4.40. The number of nitrogens with one attached hydrogen (secondary N) is 2. The Morgan fingerprint density at radius 1 is 1.35 bits per heavy atom. The number of anilines is 1. The van der Waals surface area contributed by atoms with E-state index in [1.165, 1.54) is 0 Å². The average Bonchev–Trinajstić information content (AvgIpc) is 2.99. The van der Waals surface area contributed by atoms with Crippen LogP contribution in [0.25, 0.3) is 0 Å². The van der Waals surface area contributed by atoms with Crippen molar-refractivity contribution in [1.29, 1.82) is 0 Å². The van der Waals surface area contributed by atoms with Gasteiger partial charge in [-0.05, 0) is 31.2 Å². The van der Waals surface area contributed by atoms with Gasteiger partial charge in [0.15, 0.2) is 0 Å². The third-order valence-corrected chi connectivity index (χ3v) is 2.89. The minimum Gasteiger partial charge on any atom is -0.497 e. The van der Waals surface area contributed by atoms with Gasteiger partial charge < -0.3 is 14.5 Å². The number of carbonyl (C=O) groups excluding carboxylic acids is 1. The molecule has 0 radical (unpaired) electrons. The van der Waals surface area contributed by atoms with Gasteiger partial charge in [0, 0.05) is 11.8 Å². The molecular formula is C15H18N2O3. The Labute approximate surface area is 117 Å². The van der Waals surface area contributed by atoms with Gasteiger partial charge in [-0.15, -0.1) is 0 Å². The van der Waals surface area contributed by atoms with Gasteiger partial charge in [-0.3, -0.25) is 10.1 Å². The van der Waals surface area contributed by atoms with Crippen LogP contribution in [0.5, 0.6) is 5.75 Å². The summed E-state index contributed by atoms with van der Waals surface area (Å²) >= 11 is 0. The summed E-state index contributed by atoms with van der Waals surface area (Å²) in [4.78, 5) is 11.8. The lowest BCUT2D eigenvalue weighted by Gasteiger charge is -2.11. The summed E-state index contributed by atoms with van der Waals surface area (Å²) in [5.74, 6) is 1.40. The number of rotatable bonds is 6. The molecule has 106 valence electrons. The zero-order valence-corrected chi connectivity index (χ0v) is 11.6. The highest BCUT2D eigenvalue weighted by atomic mass is 16.5. The number of hydrogen-bond acceptors (Lipinski definition) is 4. The van der Waals surface area contributed by atoms with Crippen LogP contribution < -0.4 is 15.4 Å². The van der Waals surface area contributed by atoms with Crippen molar-refractivity contribution in [2.45, 2.75) is 13.0 Å². The van der Waals surface area contributed by atoms with Gasteiger partial charge in [-0.2, -0.15) is 0 Å². The lowest BCUT2D eigenvalue weighted by molar-refractivity contribution is -0.115. The third-order valence-electron chi connectivity index (χ3n) is 2.89. The molecule has 0 fully saturated rings. The van der Waals surface area contributed by atoms with Gasteiger partial charge in [0.25, 0.3) is 0 Å². The summed E-state index contributed by atoms with van der Waals surface area (Å²) < 4.78 is 10.4. The Hall–Kier alpha value is -2.27. The quantitative estimate of drug-likeness (QED) is 0.849. The molecule has 5 nitrogen and oxygen atoms in total. The molecule has 1 heterocycles. The number of benzene rings is 1. The minimum atomic E-state index is -0.114. The molecular weight excluding hydrogens is 256 g/mol. The van der Waals surface area contributed by atoms with Gasteiger partial charge in [0.2, 0.25) is 5.91 Å². The fourth-order valence-corrected chi connectivity index (χ4v) is 1.79. The summed E-state index contributed by atoms with van der Waals surface area (Å²) in [6.07, 6.45) is 1.61. The van der Waals surface area contributed by atoms with Gasteiger partial charge in [0.1, 0.15) is 11.5 Å². The van der Waals surface area contributed by atoms with E-state index in [0.29, 0.717) is 11.4 Å². The molecule has 2 rings (SSSR count). The zero-order valence-electron chi connectivity index (χ0n) is 11.6. The van der Waals surface area contributed by atoms with Crippen molar-refractivity contribution in [2.24, 2.45) is 0 Å².